The first kappa shape index (κ1) is 20.0. The summed E-state index contributed by atoms with van der Waals surface area (Å²) in [5.74, 6) is -0.730. The van der Waals surface area contributed by atoms with Crippen molar-refractivity contribution in [1.82, 2.24) is 10.2 Å². The maximum atomic E-state index is 13.7. The molecule has 1 fully saturated rings. The molecule has 0 bridgehead atoms. The Balaban J connectivity index is 1.52. The number of primary amides is 1. The lowest BCUT2D eigenvalue weighted by molar-refractivity contribution is -0.123. The Bertz CT molecular complexity index is 851. The van der Waals surface area contributed by atoms with Crippen LogP contribution in [0.3, 0.4) is 0 Å². The molecule has 2 aromatic carbocycles. The maximum Gasteiger partial charge on any atom is 0.251 e. The van der Waals surface area contributed by atoms with Gasteiger partial charge in [-0.25, -0.2) is 4.39 Å². The molecular formula is C22H26FN3O2. The number of piperidine rings is 1. The first-order chi connectivity index (χ1) is 13.4. The van der Waals surface area contributed by atoms with E-state index in [0.29, 0.717) is 30.8 Å². The van der Waals surface area contributed by atoms with Crippen LogP contribution in [0.1, 0.15) is 28.8 Å². The number of carbonyl (C=O) groups excluding carboxylic acids is 2. The molecule has 1 aliphatic heterocycles. The quantitative estimate of drug-likeness (QED) is 0.805. The van der Waals surface area contributed by atoms with Crippen molar-refractivity contribution in [1.29, 1.82) is 0 Å². The largest absolute Gasteiger partial charge is 0.369 e. The van der Waals surface area contributed by atoms with Crippen LogP contribution in [-0.4, -0.2) is 42.9 Å². The number of amides is 2. The Kier molecular flexibility index (Phi) is 6.41. The summed E-state index contributed by atoms with van der Waals surface area (Å²) in [7, 11) is 0. The monoisotopic (exact) mass is 383 g/mol. The molecule has 0 radical (unpaired) electrons. The summed E-state index contributed by atoms with van der Waals surface area (Å²) in [6.45, 7) is 4.50. The molecule has 0 aliphatic carbocycles. The van der Waals surface area contributed by atoms with Gasteiger partial charge < -0.3 is 16.0 Å². The highest BCUT2D eigenvalue weighted by Gasteiger charge is 2.23. The zero-order chi connectivity index (χ0) is 20.1. The van der Waals surface area contributed by atoms with Crippen molar-refractivity contribution in [3.63, 3.8) is 0 Å². The molecule has 28 heavy (non-hydrogen) atoms. The summed E-state index contributed by atoms with van der Waals surface area (Å²) < 4.78 is 13.7. The molecule has 1 saturated heterocycles. The molecule has 0 saturated carbocycles. The number of nitrogens with two attached hydrogens (primary N) is 1. The molecule has 1 heterocycles. The van der Waals surface area contributed by atoms with E-state index in [4.69, 9.17) is 5.73 Å². The third kappa shape index (κ3) is 4.95. The molecule has 2 aromatic rings. The summed E-state index contributed by atoms with van der Waals surface area (Å²) in [5, 5.41) is 2.91. The second-order valence-electron chi connectivity index (χ2n) is 7.34. The predicted octanol–water partition coefficient (Wildman–Crippen LogP) is 2.73. The number of carbonyl (C=O) groups is 2. The van der Waals surface area contributed by atoms with Gasteiger partial charge in [0, 0.05) is 25.2 Å². The van der Waals surface area contributed by atoms with Gasteiger partial charge in [0.25, 0.3) is 5.91 Å². The smallest absolute Gasteiger partial charge is 0.251 e. The molecule has 6 heteroatoms. The van der Waals surface area contributed by atoms with E-state index in [-0.39, 0.29) is 23.5 Å². The van der Waals surface area contributed by atoms with Crippen molar-refractivity contribution >= 4 is 11.8 Å². The van der Waals surface area contributed by atoms with Crippen LogP contribution >= 0.6 is 0 Å². The van der Waals surface area contributed by atoms with Gasteiger partial charge in [-0.1, -0.05) is 24.3 Å². The van der Waals surface area contributed by atoms with Gasteiger partial charge in [0.2, 0.25) is 5.91 Å². The maximum absolute atomic E-state index is 13.7. The van der Waals surface area contributed by atoms with Crippen LogP contribution in [-0.2, 0) is 4.79 Å². The molecule has 3 N–H and O–H groups in total. The second kappa shape index (κ2) is 8.97. The van der Waals surface area contributed by atoms with Crippen molar-refractivity contribution in [2.45, 2.75) is 19.8 Å². The van der Waals surface area contributed by atoms with Gasteiger partial charge in [-0.2, -0.15) is 0 Å². The Labute approximate surface area is 164 Å². The molecule has 1 unspecified atom stereocenters. The summed E-state index contributed by atoms with van der Waals surface area (Å²) in [6.07, 6.45) is 1.79. The van der Waals surface area contributed by atoms with E-state index in [1.165, 1.54) is 6.07 Å². The third-order valence-corrected chi connectivity index (χ3v) is 5.27. The number of halogens is 1. The van der Waals surface area contributed by atoms with Gasteiger partial charge >= 0.3 is 0 Å². The van der Waals surface area contributed by atoms with Crippen molar-refractivity contribution in [3.05, 3.63) is 59.4 Å². The Hall–Kier alpha value is -2.73. The van der Waals surface area contributed by atoms with E-state index in [9.17, 15) is 14.0 Å². The van der Waals surface area contributed by atoms with Crippen LogP contribution in [0, 0.1) is 18.7 Å². The Morgan fingerprint density at radius 3 is 2.57 bits per heavy atom. The number of nitrogens with one attached hydrogen (secondary N) is 1. The SMILES string of the molecule is Cc1ccc(-c2ccc(C(=O)NCCN3CCCC(C(N)=O)C3)cc2)cc1F. The number of aryl methyl sites for hydroxylation is 1. The fourth-order valence-corrected chi connectivity index (χ4v) is 3.51. The zero-order valence-corrected chi connectivity index (χ0v) is 16.1. The minimum Gasteiger partial charge on any atom is -0.369 e. The molecule has 0 spiro atoms. The van der Waals surface area contributed by atoms with Gasteiger partial charge in [0.05, 0.1) is 5.92 Å². The van der Waals surface area contributed by atoms with E-state index in [1.54, 1.807) is 25.1 Å². The highest BCUT2D eigenvalue weighted by molar-refractivity contribution is 5.94. The highest BCUT2D eigenvalue weighted by atomic mass is 19.1. The molecule has 1 aliphatic rings. The van der Waals surface area contributed by atoms with E-state index in [0.717, 1.165) is 30.5 Å². The molecule has 148 valence electrons. The van der Waals surface area contributed by atoms with E-state index < -0.39 is 0 Å². The van der Waals surface area contributed by atoms with E-state index >= 15 is 0 Å². The summed E-state index contributed by atoms with van der Waals surface area (Å²) >= 11 is 0. The topological polar surface area (TPSA) is 75.4 Å². The minimum atomic E-state index is -0.248. The number of benzene rings is 2. The Morgan fingerprint density at radius 2 is 1.89 bits per heavy atom. The predicted molar refractivity (Wildman–Crippen MR) is 107 cm³/mol. The second-order valence-corrected chi connectivity index (χ2v) is 7.34. The molecular weight excluding hydrogens is 357 g/mol. The van der Waals surface area contributed by atoms with E-state index in [1.807, 2.05) is 18.2 Å². The van der Waals surface area contributed by atoms with Crippen molar-refractivity contribution in [2.24, 2.45) is 11.7 Å². The zero-order valence-electron chi connectivity index (χ0n) is 16.1. The van der Waals surface area contributed by atoms with Crippen LogP contribution in [0.2, 0.25) is 0 Å². The fraction of sp³-hybridized carbons (Fsp3) is 0.364. The lowest BCUT2D eigenvalue weighted by Gasteiger charge is -2.31. The molecule has 2 amide bonds. The van der Waals surface area contributed by atoms with Crippen molar-refractivity contribution in [3.8, 4) is 11.1 Å². The third-order valence-electron chi connectivity index (χ3n) is 5.27. The summed E-state index contributed by atoms with van der Waals surface area (Å²) in [4.78, 5) is 25.8. The average Bonchev–Trinajstić information content (AvgIpc) is 2.70. The number of rotatable bonds is 6. The molecule has 5 nitrogen and oxygen atoms in total. The molecule has 0 aromatic heterocycles. The van der Waals surface area contributed by atoms with Crippen LogP contribution in [0.25, 0.3) is 11.1 Å². The first-order valence-corrected chi connectivity index (χ1v) is 9.60. The Morgan fingerprint density at radius 1 is 1.18 bits per heavy atom. The molecule has 1 atom stereocenters. The van der Waals surface area contributed by atoms with Gasteiger partial charge in [-0.05, 0) is 61.2 Å². The van der Waals surface area contributed by atoms with E-state index in [2.05, 4.69) is 10.2 Å². The van der Waals surface area contributed by atoms with Crippen LogP contribution < -0.4 is 11.1 Å². The highest BCUT2D eigenvalue weighted by Crippen LogP contribution is 2.22. The normalized spacial score (nSPS) is 17.3. The lowest BCUT2D eigenvalue weighted by Crippen LogP contribution is -2.44. The van der Waals surface area contributed by atoms with Gasteiger partial charge in [0.15, 0.2) is 0 Å². The van der Waals surface area contributed by atoms with Crippen LogP contribution in [0.4, 0.5) is 4.39 Å². The lowest BCUT2D eigenvalue weighted by atomic mass is 9.97. The van der Waals surface area contributed by atoms with Gasteiger partial charge in [-0.3, -0.25) is 9.59 Å². The van der Waals surface area contributed by atoms with Crippen molar-refractivity contribution in [2.75, 3.05) is 26.2 Å². The standard InChI is InChI=1S/C22H26FN3O2/c1-15-4-5-18(13-20(15)23)16-6-8-17(9-7-16)22(28)25-10-12-26-11-2-3-19(14-26)21(24)27/h4-9,13,19H,2-3,10-12,14H2,1H3,(H2,24,27)(H,25,28). The van der Waals surface area contributed by atoms with Gasteiger partial charge in [-0.15, -0.1) is 0 Å². The number of likely N-dealkylation sites (tertiary alicyclic amines) is 1. The number of hydrogen-bond acceptors (Lipinski definition) is 3. The molecule has 3 rings (SSSR count). The van der Waals surface area contributed by atoms with Gasteiger partial charge in [0.1, 0.15) is 5.82 Å². The first-order valence-electron chi connectivity index (χ1n) is 9.60. The average molecular weight is 383 g/mol. The summed E-state index contributed by atoms with van der Waals surface area (Å²) in [6, 6.07) is 12.2. The number of hydrogen-bond donors (Lipinski definition) is 2. The fourth-order valence-electron chi connectivity index (χ4n) is 3.51. The minimum absolute atomic E-state index is 0.0939. The van der Waals surface area contributed by atoms with Crippen LogP contribution in [0.5, 0.6) is 0 Å². The summed E-state index contributed by atoms with van der Waals surface area (Å²) in [5.41, 5.74) is 8.21. The van der Waals surface area contributed by atoms with Crippen molar-refractivity contribution < 1.29 is 14.0 Å². The van der Waals surface area contributed by atoms with Crippen LogP contribution in [0.15, 0.2) is 42.5 Å². The number of nitrogens with zero attached hydrogens (tertiary/aromatic N) is 1.